The molecule has 0 aliphatic heterocycles. The summed E-state index contributed by atoms with van der Waals surface area (Å²) in [6.07, 6.45) is -1.29. The van der Waals surface area contributed by atoms with E-state index < -0.39 is 12.1 Å². The molecular weight excluding hydrogens is 112 g/mol. The molecule has 0 aliphatic rings. The average molecular weight is 118 g/mol. The zero-order valence-corrected chi connectivity index (χ0v) is 4.26. The highest BCUT2D eigenvalue weighted by Crippen LogP contribution is 1.65. The first-order chi connectivity index (χ1) is 3.66. The van der Waals surface area contributed by atoms with Crippen molar-refractivity contribution in [2.45, 2.75) is 0 Å². The zero-order chi connectivity index (χ0) is 6.57. The monoisotopic (exact) mass is 118 g/mol. The Bertz CT molecular complexity index is 111. The first-order valence-corrected chi connectivity index (χ1v) is 1.79. The van der Waals surface area contributed by atoms with Gasteiger partial charge in [-0.05, 0) is 0 Å². The van der Waals surface area contributed by atoms with Crippen molar-refractivity contribution in [3.63, 3.8) is 0 Å². The summed E-state index contributed by atoms with van der Waals surface area (Å²) in [5.41, 5.74) is 0. The Kier molecular flexibility index (Phi) is 2.39. The maximum atomic E-state index is 9.64. The molecule has 0 rings (SSSR count). The summed E-state index contributed by atoms with van der Waals surface area (Å²) in [6.45, 7) is 0. The minimum absolute atomic E-state index is 0.475. The molecule has 5 heteroatoms. The second-order valence-corrected chi connectivity index (χ2v) is 0.963. The van der Waals surface area contributed by atoms with E-state index in [0.717, 1.165) is 0 Å². The van der Waals surface area contributed by atoms with Gasteiger partial charge in [-0.15, -0.1) is 0 Å². The van der Waals surface area contributed by atoms with E-state index in [9.17, 15) is 4.79 Å². The summed E-state index contributed by atoms with van der Waals surface area (Å²) < 4.78 is 4.15. The molecule has 0 bridgehead atoms. The lowest BCUT2D eigenvalue weighted by molar-refractivity contribution is 0.197. The number of methoxy groups -OCH3 is 1. The maximum absolute atomic E-state index is 9.64. The van der Waals surface area contributed by atoms with Gasteiger partial charge in [0.25, 0.3) is 6.02 Å². The molecule has 0 unspecified atom stereocenters. The largest absolute Gasteiger partial charge is 0.468 e. The van der Waals surface area contributed by atoms with E-state index in [1.807, 2.05) is 0 Å². The van der Waals surface area contributed by atoms with Gasteiger partial charge in [0.1, 0.15) is 0 Å². The SMILES string of the molecule is COC(=N)NC(=O)O. The van der Waals surface area contributed by atoms with Crippen LogP contribution in [0.5, 0.6) is 0 Å². The lowest BCUT2D eigenvalue weighted by Gasteiger charge is -1.97. The van der Waals surface area contributed by atoms with Crippen LogP contribution in [0.15, 0.2) is 0 Å². The van der Waals surface area contributed by atoms with E-state index in [-0.39, 0.29) is 0 Å². The molecule has 0 saturated carbocycles. The van der Waals surface area contributed by atoms with Crippen molar-refractivity contribution in [1.29, 1.82) is 5.41 Å². The third kappa shape index (κ3) is 2.95. The van der Waals surface area contributed by atoms with Gasteiger partial charge in [0.05, 0.1) is 7.11 Å². The van der Waals surface area contributed by atoms with Crippen molar-refractivity contribution in [2.24, 2.45) is 0 Å². The highest BCUT2D eigenvalue weighted by Gasteiger charge is 1.96. The van der Waals surface area contributed by atoms with Gasteiger partial charge in [-0.1, -0.05) is 0 Å². The Morgan fingerprint density at radius 1 is 1.88 bits per heavy atom. The quantitative estimate of drug-likeness (QED) is 0.305. The normalized spacial score (nSPS) is 7.62. The van der Waals surface area contributed by atoms with Crippen LogP contribution in [0.3, 0.4) is 0 Å². The van der Waals surface area contributed by atoms with E-state index in [4.69, 9.17) is 10.5 Å². The summed E-state index contributed by atoms with van der Waals surface area (Å²) in [5.74, 6) is 0. The second kappa shape index (κ2) is 2.84. The van der Waals surface area contributed by atoms with E-state index in [1.165, 1.54) is 7.11 Å². The number of hydrogen-bond acceptors (Lipinski definition) is 3. The maximum Gasteiger partial charge on any atom is 0.412 e. The van der Waals surface area contributed by atoms with Crippen LogP contribution in [-0.2, 0) is 4.74 Å². The molecule has 1 amide bonds. The number of ether oxygens (including phenoxy) is 1. The molecule has 0 aliphatic carbocycles. The topological polar surface area (TPSA) is 82.4 Å². The summed E-state index contributed by atoms with van der Waals surface area (Å²) in [4.78, 5) is 9.64. The van der Waals surface area contributed by atoms with Crippen LogP contribution < -0.4 is 5.32 Å². The van der Waals surface area contributed by atoms with Crippen molar-refractivity contribution in [3.8, 4) is 0 Å². The lowest BCUT2D eigenvalue weighted by Crippen LogP contribution is -2.28. The first-order valence-electron chi connectivity index (χ1n) is 1.79. The highest BCUT2D eigenvalue weighted by atomic mass is 16.5. The lowest BCUT2D eigenvalue weighted by atomic mass is 11.0. The molecule has 0 aromatic carbocycles. The predicted octanol–water partition coefficient (Wildman–Crippen LogP) is -0.165. The molecule has 0 spiro atoms. The number of amides is 1. The number of nitrogens with one attached hydrogen (secondary N) is 2. The average Bonchev–Trinajstić information content (AvgIpc) is 1.65. The van der Waals surface area contributed by atoms with Gasteiger partial charge in [-0.3, -0.25) is 5.41 Å². The molecule has 3 N–H and O–H groups in total. The minimum Gasteiger partial charge on any atom is -0.468 e. The summed E-state index contributed by atoms with van der Waals surface area (Å²) >= 11 is 0. The van der Waals surface area contributed by atoms with E-state index in [2.05, 4.69) is 4.74 Å². The van der Waals surface area contributed by atoms with Crippen LogP contribution in [-0.4, -0.2) is 24.3 Å². The number of carbonyl (C=O) groups is 1. The minimum atomic E-state index is -1.29. The van der Waals surface area contributed by atoms with E-state index in [0.29, 0.717) is 0 Å². The van der Waals surface area contributed by atoms with Crippen molar-refractivity contribution < 1.29 is 14.6 Å². The number of rotatable bonds is 0. The Balaban J connectivity index is 3.40. The third-order valence-corrected chi connectivity index (χ3v) is 0.425. The van der Waals surface area contributed by atoms with Crippen LogP contribution >= 0.6 is 0 Å². The van der Waals surface area contributed by atoms with Gasteiger partial charge in [-0.25, -0.2) is 10.1 Å². The van der Waals surface area contributed by atoms with Crippen molar-refractivity contribution in [2.75, 3.05) is 7.11 Å². The standard InChI is InChI=1S/C3H6N2O3/c1-8-2(4)5-3(6)7/h1H3,(H2,4,5)(H,6,7). The van der Waals surface area contributed by atoms with Gasteiger partial charge in [0.15, 0.2) is 0 Å². The fourth-order valence-corrected chi connectivity index (χ4v) is 0.148. The van der Waals surface area contributed by atoms with Gasteiger partial charge in [0.2, 0.25) is 0 Å². The van der Waals surface area contributed by atoms with Crippen molar-refractivity contribution in [1.82, 2.24) is 5.32 Å². The molecule has 0 atom stereocenters. The Labute approximate surface area is 45.8 Å². The van der Waals surface area contributed by atoms with Crippen molar-refractivity contribution >= 4 is 12.1 Å². The highest BCUT2D eigenvalue weighted by molar-refractivity contribution is 5.87. The molecule has 46 valence electrons. The van der Waals surface area contributed by atoms with Gasteiger partial charge >= 0.3 is 6.09 Å². The van der Waals surface area contributed by atoms with Crippen LogP contribution in [0.1, 0.15) is 0 Å². The van der Waals surface area contributed by atoms with E-state index >= 15 is 0 Å². The molecule has 0 aromatic heterocycles. The number of hydrogen-bond donors (Lipinski definition) is 3. The molecule has 0 fully saturated rings. The molecule has 0 aromatic rings. The van der Waals surface area contributed by atoms with Crippen LogP contribution in [0.2, 0.25) is 0 Å². The Morgan fingerprint density at radius 3 is 2.50 bits per heavy atom. The Morgan fingerprint density at radius 2 is 2.38 bits per heavy atom. The smallest absolute Gasteiger partial charge is 0.412 e. The van der Waals surface area contributed by atoms with Crippen LogP contribution in [0.25, 0.3) is 0 Å². The second-order valence-electron chi connectivity index (χ2n) is 0.963. The third-order valence-electron chi connectivity index (χ3n) is 0.425. The zero-order valence-electron chi connectivity index (χ0n) is 4.26. The molecule has 8 heavy (non-hydrogen) atoms. The summed E-state index contributed by atoms with van der Waals surface area (Å²) in [7, 11) is 1.21. The van der Waals surface area contributed by atoms with Crippen LogP contribution in [0.4, 0.5) is 4.79 Å². The predicted molar refractivity (Wildman–Crippen MR) is 25.9 cm³/mol. The fraction of sp³-hybridized carbons (Fsp3) is 0.333. The molecule has 0 saturated heterocycles. The molecule has 0 radical (unpaired) electrons. The first kappa shape index (κ1) is 6.74. The van der Waals surface area contributed by atoms with Gasteiger partial charge < -0.3 is 9.84 Å². The van der Waals surface area contributed by atoms with Crippen molar-refractivity contribution in [3.05, 3.63) is 0 Å². The van der Waals surface area contributed by atoms with E-state index in [1.54, 1.807) is 5.32 Å². The number of amidine groups is 1. The fourth-order valence-electron chi connectivity index (χ4n) is 0.148. The molecule has 0 heterocycles. The van der Waals surface area contributed by atoms with Gasteiger partial charge in [0, 0.05) is 0 Å². The number of carboxylic acid groups (broad SMARTS) is 1. The molecular formula is C3H6N2O3. The van der Waals surface area contributed by atoms with Gasteiger partial charge in [-0.2, -0.15) is 0 Å². The molecule has 5 nitrogen and oxygen atoms in total. The summed E-state index contributed by atoms with van der Waals surface area (Å²) in [6, 6.07) is -0.475. The van der Waals surface area contributed by atoms with Crippen LogP contribution in [0, 0.1) is 5.41 Å². The Hall–Kier alpha value is -1.26. The summed E-state index contributed by atoms with van der Waals surface area (Å²) in [5, 5.41) is 16.1.